The van der Waals surface area contributed by atoms with Gasteiger partial charge in [-0.15, -0.1) is 0 Å². The summed E-state index contributed by atoms with van der Waals surface area (Å²) < 4.78 is 24.9. The van der Waals surface area contributed by atoms with Gasteiger partial charge in [-0.2, -0.15) is 0 Å². The lowest BCUT2D eigenvalue weighted by Gasteiger charge is -2.39. The van der Waals surface area contributed by atoms with Crippen molar-refractivity contribution in [3.05, 3.63) is 58.2 Å². The molecule has 1 aliphatic heterocycles. The molecule has 1 aromatic carbocycles. The number of ether oxygens (including phenoxy) is 2. The van der Waals surface area contributed by atoms with E-state index in [1.165, 1.54) is 12.1 Å². The average Bonchev–Trinajstić information content (AvgIpc) is 2.62. The van der Waals surface area contributed by atoms with Gasteiger partial charge in [-0.1, -0.05) is 26.0 Å². The Morgan fingerprint density at radius 2 is 2.00 bits per heavy atom. The number of esters is 1. The molecule has 1 atom stereocenters. The third kappa shape index (κ3) is 4.81. The van der Waals surface area contributed by atoms with Crippen LogP contribution in [0.15, 0.2) is 46.8 Å². The highest BCUT2D eigenvalue weighted by Gasteiger charge is 2.43. The number of benzene rings is 1. The van der Waals surface area contributed by atoms with Crippen LogP contribution in [0.3, 0.4) is 0 Å². The normalized spacial score (nSPS) is 20.9. The molecule has 1 heterocycles. The number of carbonyl (C=O) groups excluding carboxylic acids is 2. The van der Waals surface area contributed by atoms with Gasteiger partial charge in [0, 0.05) is 29.3 Å². The van der Waals surface area contributed by atoms with E-state index in [-0.39, 0.29) is 30.5 Å². The van der Waals surface area contributed by atoms with Crippen LogP contribution in [0.5, 0.6) is 0 Å². The summed E-state index contributed by atoms with van der Waals surface area (Å²) in [4.78, 5) is 26.2. The Morgan fingerprint density at radius 3 is 2.67 bits per heavy atom. The van der Waals surface area contributed by atoms with Crippen LogP contribution >= 0.6 is 0 Å². The van der Waals surface area contributed by atoms with Crippen molar-refractivity contribution in [1.29, 1.82) is 0 Å². The molecule has 0 saturated carbocycles. The highest BCUT2D eigenvalue weighted by Crippen LogP contribution is 2.46. The molecular weight excluding hydrogens is 385 g/mol. The predicted octanol–water partition coefficient (Wildman–Crippen LogP) is 4.40. The zero-order chi connectivity index (χ0) is 22.1. The second-order valence-corrected chi connectivity index (χ2v) is 9.04. The van der Waals surface area contributed by atoms with E-state index in [9.17, 15) is 14.0 Å². The first-order valence-electron chi connectivity index (χ1n) is 10.4. The van der Waals surface area contributed by atoms with Crippen molar-refractivity contribution < 1.29 is 23.5 Å². The average molecular weight is 416 g/mol. The van der Waals surface area contributed by atoms with Crippen LogP contribution in [0.2, 0.25) is 0 Å². The maximum atomic E-state index is 14.1. The molecule has 1 N–H and O–H groups in total. The molecule has 30 heavy (non-hydrogen) atoms. The highest BCUT2D eigenvalue weighted by atomic mass is 19.1. The van der Waals surface area contributed by atoms with Crippen molar-refractivity contribution >= 4 is 11.8 Å². The van der Waals surface area contributed by atoms with Crippen LogP contribution in [0, 0.1) is 11.2 Å². The van der Waals surface area contributed by atoms with E-state index < -0.39 is 17.7 Å². The summed E-state index contributed by atoms with van der Waals surface area (Å²) in [5.74, 6) is -1.61. The molecule has 0 amide bonds. The van der Waals surface area contributed by atoms with E-state index in [2.05, 4.69) is 5.32 Å². The summed E-state index contributed by atoms with van der Waals surface area (Å²) in [6.07, 6.45) is 1.10. The SMILES string of the molecule is CC1=C(C(=O)OCCOC(C)C)[C@H](c2cccc(F)c2)C2=C(CC(C)(C)CC2=O)N1. The van der Waals surface area contributed by atoms with Crippen LogP contribution in [0.25, 0.3) is 0 Å². The summed E-state index contributed by atoms with van der Waals surface area (Å²) in [6, 6.07) is 6.08. The zero-order valence-corrected chi connectivity index (χ0v) is 18.3. The Morgan fingerprint density at radius 1 is 1.27 bits per heavy atom. The van der Waals surface area contributed by atoms with Gasteiger partial charge in [0.1, 0.15) is 12.4 Å². The lowest BCUT2D eigenvalue weighted by molar-refractivity contribution is -0.141. The second kappa shape index (κ2) is 8.72. The molecular formula is C24H30FNO4. The van der Waals surface area contributed by atoms with Gasteiger partial charge in [0.25, 0.3) is 0 Å². The summed E-state index contributed by atoms with van der Waals surface area (Å²) >= 11 is 0. The van der Waals surface area contributed by atoms with E-state index in [0.29, 0.717) is 35.2 Å². The summed E-state index contributed by atoms with van der Waals surface area (Å²) in [5.41, 5.74) is 2.71. The Kier molecular flexibility index (Phi) is 6.46. The first kappa shape index (κ1) is 22.2. The molecule has 1 aromatic rings. The molecule has 6 heteroatoms. The number of halogens is 1. The molecule has 5 nitrogen and oxygen atoms in total. The van der Waals surface area contributed by atoms with E-state index in [1.807, 2.05) is 27.7 Å². The van der Waals surface area contributed by atoms with Gasteiger partial charge in [-0.3, -0.25) is 4.79 Å². The molecule has 0 saturated heterocycles. The molecule has 3 rings (SSSR count). The number of dihydropyridines is 1. The smallest absolute Gasteiger partial charge is 0.336 e. The van der Waals surface area contributed by atoms with Crippen molar-refractivity contribution in [3.8, 4) is 0 Å². The summed E-state index contributed by atoms with van der Waals surface area (Å²) in [6.45, 7) is 10.1. The fraction of sp³-hybridized carbons (Fsp3) is 0.500. The van der Waals surface area contributed by atoms with Crippen LogP contribution in [0.1, 0.15) is 58.9 Å². The van der Waals surface area contributed by atoms with Gasteiger partial charge in [0.05, 0.1) is 18.3 Å². The zero-order valence-electron chi connectivity index (χ0n) is 18.3. The Bertz CT molecular complexity index is 914. The number of nitrogens with one attached hydrogen (secondary N) is 1. The van der Waals surface area contributed by atoms with E-state index in [4.69, 9.17) is 9.47 Å². The molecule has 0 spiro atoms. The molecule has 0 bridgehead atoms. The Balaban J connectivity index is 1.99. The molecule has 0 fully saturated rings. The highest BCUT2D eigenvalue weighted by molar-refractivity contribution is 6.04. The van der Waals surface area contributed by atoms with Gasteiger partial charge >= 0.3 is 5.97 Å². The quantitative estimate of drug-likeness (QED) is 0.551. The number of rotatable bonds is 6. The van der Waals surface area contributed by atoms with Gasteiger partial charge in [0.2, 0.25) is 0 Å². The van der Waals surface area contributed by atoms with Gasteiger partial charge in [-0.05, 0) is 50.3 Å². The van der Waals surface area contributed by atoms with E-state index >= 15 is 0 Å². The summed E-state index contributed by atoms with van der Waals surface area (Å²) in [5, 5.41) is 3.27. The standard InChI is InChI=1S/C24H30FNO4/c1-14(2)29-9-10-30-23(28)20-15(3)26-18-12-24(4,5)13-19(27)22(18)21(20)16-7-6-8-17(25)11-16/h6-8,11,14,21,26H,9-10,12-13H2,1-5H3/t21-/m0/s1. The molecule has 0 unspecified atom stereocenters. The second-order valence-electron chi connectivity index (χ2n) is 9.04. The molecule has 162 valence electrons. The van der Waals surface area contributed by atoms with Crippen molar-refractivity contribution in [3.63, 3.8) is 0 Å². The minimum Gasteiger partial charge on any atom is -0.460 e. The number of allylic oxidation sites excluding steroid dienone is 3. The van der Waals surface area contributed by atoms with Crippen LogP contribution < -0.4 is 5.32 Å². The minimum absolute atomic E-state index is 0.0241. The first-order valence-corrected chi connectivity index (χ1v) is 10.4. The van der Waals surface area contributed by atoms with Crippen molar-refractivity contribution in [2.24, 2.45) is 5.41 Å². The van der Waals surface area contributed by atoms with E-state index in [0.717, 1.165) is 5.70 Å². The maximum Gasteiger partial charge on any atom is 0.336 e. The lowest BCUT2D eigenvalue weighted by atomic mass is 9.68. The lowest BCUT2D eigenvalue weighted by Crippen LogP contribution is -2.38. The minimum atomic E-state index is -0.654. The van der Waals surface area contributed by atoms with Crippen molar-refractivity contribution in [2.75, 3.05) is 13.2 Å². The number of ketones is 1. The van der Waals surface area contributed by atoms with Crippen LogP contribution in [0.4, 0.5) is 4.39 Å². The van der Waals surface area contributed by atoms with Gasteiger partial charge in [0.15, 0.2) is 5.78 Å². The van der Waals surface area contributed by atoms with Crippen LogP contribution in [-0.2, 0) is 19.1 Å². The maximum absolute atomic E-state index is 14.1. The fourth-order valence-corrected chi connectivity index (χ4v) is 4.22. The molecule has 2 aliphatic rings. The van der Waals surface area contributed by atoms with Crippen LogP contribution in [-0.4, -0.2) is 31.1 Å². The van der Waals surface area contributed by atoms with Gasteiger partial charge in [-0.25, -0.2) is 9.18 Å². The third-order valence-electron chi connectivity index (χ3n) is 5.41. The monoisotopic (exact) mass is 415 g/mol. The van der Waals surface area contributed by atoms with E-state index in [1.54, 1.807) is 19.1 Å². The predicted molar refractivity (Wildman–Crippen MR) is 112 cm³/mol. The number of hydrogen-bond acceptors (Lipinski definition) is 5. The number of Topliss-reactive ketones (excluding diaryl/α,β-unsaturated/α-hetero) is 1. The first-order chi connectivity index (χ1) is 14.1. The van der Waals surface area contributed by atoms with Gasteiger partial charge < -0.3 is 14.8 Å². The Labute approximate surface area is 177 Å². The molecule has 0 radical (unpaired) electrons. The topological polar surface area (TPSA) is 64.6 Å². The molecule has 0 aromatic heterocycles. The third-order valence-corrected chi connectivity index (χ3v) is 5.41. The largest absolute Gasteiger partial charge is 0.460 e. The number of carbonyl (C=O) groups is 2. The number of hydrogen-bond donors (Lipinski definition) is 1. The fourth-order valence-electron chi connectivity index (χ4n) is 4.22. The van der Waals surface area contributed by atoms with Crippen molar-refractivity contribution in [2.45, 2.75) is 59.5 Å². The molecule has 1 aliphatic carbocycles. The Hall–Kier alpha value is -2.47. The van der Waals surface area contributed by atoms with Crippen molar-refractivity contribution in [1.82, 2.24) is 5.32 Å². The summed E-state index contributed by atoms with van der Waals surface area (Å²) in [7, 11) is 0.